The van der Waals surface area contributed by atoms with Gasteiger partial charge in [0.25, 0.3) is 0 Å². The minimum Gasteiger partial charge on any atom is -0.493 e. The molecule has 0 bridgehead atoms. The lowest BCUT2D eigenvalue weighted by atomic mass is 10.3. The van der Waals surface area contributed by atoms with Crippen molar-refractivity contribution in [1.29, 1.82) is 0 Å². The SMILES string of the molecule is COc1ccccc1Oc1c(Cl)cccc1Br. The van der Waals surface area contributed by atoms with E-state index in [1.54, 1.807) is 13.2 Å². The number of hydrogen-bond donors (Lipinski definition) is 0. The quantitative estimate of drug-likeness (QED) is 0.802. The Balaban J connectivity index is 2.38. The number of halogens is 2. The molecule has 0 radical (unpaired) electrons. The van der Waals surface area contributed by atoms with Crippen LogP contribution in [0.5, 0.6) is 17.2 Å². The normalized spacial score (nSPS) is 10.1. The van der Waals surface area contributed by atoms with E-state index in [1.165, 1.54) is 0 Å². The maximum absolute atomic E-state index is 6.08. The zero-order valence-corrected chi connectivity index (χ0v) is 11.5. The summed E-state index contributed by atoms with van der Waals surface area (Å²) in [4.78, 5) is 0. The molecular formula is C13H10BrClO2. The van der Waals surface area contributed by atoms with E-state index in [9.17, 15) is 0 Å². The molecule has 0 aliphatic rings. The molecule has 2 rings (SSSR count). The zero-order chi connectivity index (χ0) is 12.3. The third kappa shape index (κ3) is 2.73. The number of para-hydroxylation sites is 3. The molecular weight excluding hydrogens is 303 g/mol. The van der Waals surface area contributed by atoms with E-state index < -0.39 is 0 Å². The standard InChI is InChI=1S/C13H10BrClO2/c1-16-11-7-2-3-8-12(11)17-13-9(14)5-4-6-10(13)15/h2-8H,1H3. The summed E-state index contributed by atoms with van der Waals surface area (Å²) < 4.78 is 11.8. The van der Waals surface area contributed by atoms with E-state index in [0.717, 1.165) is 4.47 Å². The van der Waals surface area contributed by atoms with Crippen LogP contribution in [0.3, 0.4) is 0 Å². The molecule has 88 valence electrons. The predicted molar refractivity (Wildman–Crippen MR) is 72.2 cm³/mol. The molecule has 4 heteroatoms. The summed E-state index contributed by atoms with van der Waals surface area (Å²) in [6, 6.07) is 12.9. The van der Waals surface area contributed by atoms with E-state index in [-0.39, 0.29) is 0 Å². The van der Waals surface area contributed by atoms with Crippen LogP contribution in [0.4, 0.5) is 0 Å². The molecule has 0 unspecified atom stereocenters. The molecule has 0 N–H and O–H groups in total. The van der Waals surface area contributed by atoms with Crippen LogP contribution in [0.15, 0.2) is 46.9 Å². The lowest BCUT2D eigenvalue weighted by molar-refractivity contribution is 0.378. The minimum atomic E-state index is 0.547. The fourth-order valence-corrected chi connectivity index (χ4v) is 2.17. The number of rotatable bonds is 3. The van der Waals surface area contributed by atoms with E-state index >= 15 is 0 Å². The Morgan fingerprint density at radius 1 is 1.00 bits per heavy atom. The van der Waals surface area contributed by atoms with E-state index in [4.69, 9.17) is 21.1 Å². The minimum absolute atomic E-state index is 0.547. The second-order valence-electron chi connectivity index (χ2n) is 3.30. The van der Waals surface area contributed by atoms with Gasteiger partial charge >= 0.3 is 0 Å². The van der Waals surface area contributed by atoms with Gasteiger partial charge in [-0.25, -0.2) is 0 Å². The number of benzene rings is 2. The highest BCUT2D eigenvalue weighted by Crippen LogP contribution is 2.39. The van der Waals surface area contributed by atoms with E-state index in [2.05, 4.69) is 15.9 Å². The van der Waals surface area contributed by atoms with Gasteiger partial charge in [0.05, 0.1) is 16.6 Å². The van der Waals surface area contributed by atoms with Gasteiger partial charge < -0.3 is 9.47 Å². The molecule has 0 heterocycles. The van der Waals surface area contributed by atoms with Crippen molar-refractivity contribution in [3.05, 3.63) is 52.0 Å². The van der Waals surface area contributed by atoms with Crippen LogP contribution in [0.25, 0.3) is 0 Å². The Morgan fingerprint density at radius 3 is 2.35 bits per heavy atom. The number of methoxy groups -OCH3 is 1. The monoisotopic (exact) mass is 312 g/mol. The highest BCUT2D eigenvalue weighted by Gasteiger charge is 2.10. The first-order valence-electron chi connectivity index (χ1n) is 4.97. The van der Waals surface area contributed by atoms with E-state index in [0.29, 0.717) is 22.3 Å². The van der Waals surface area contributed by atoms with Crippen molar-refractivity contribution >= 4 is 27.5 Å². The molecule has 0 saturated carbocycles. The Kier molecular flexibility index (Phi) is 3.92. The van der Waals surface area contributed by atoms with Gasteiger partial charge in [0.1, 0.15) is 0 Å². The summed E-state index contributed by atoms with van der Waals surface area (Å²) in [5, 5.41) is 0.547. The summed E-state index contributed by atoms with van der Waals surface area (Å²) in [7, 11) is 1.60. The average molecular weight is 314 g/mol. The van der Waals surface area contributed by atoms with Crippen LogP contribution in [0.1, 0.15) is 0 Å². The van der Waals surface area contributed by atoms with Gasteiger partial charge in [-0.3, -0.25) is 0 Å². The highest BCUT2D eigenvalue weighted by atomic mass is 79.9. The molecule has 0 saturated heterocycles. The van der Waals surface area contributed by atoms with Crippen molar-refractivity contribution in [1.82, 2.24) is 0 Å². The Hall–Kier alpha value is -1.19. The molecule has 0 fully saturated rings. The fraction of sp³-hybridized carbons (Fsp3) is 0.0769. The lowest BCUT2D eigenvalue weighted by Crippen LogP contribution is -1.91. The third-order valence-electron chi connectivity index (χ3n) is 2.20. The Bertz CT molecular complexity index is 508. The van der Waals surface area contributed by atoms with Gasteiger partial charge in [-0.2, -0.15) is 0 Å². The smallest absolute Gasteiger partial charge is 0.169 e. The first-order valence-corrected chi connectivity index (χ1v) is 6.14. The highest BCUT2D eigenvalue weighted by molar-refractivity contribution is 9.10. The van der Waals surface area contributed by atoms with Gasteiger partial charge in [0, 0.05) is 0 Å². The van der Waals surface area contributed by atoms with Gasteiger partial charge in [-0.05, 0) is 40.2 Å². The predicted octanol–water partition coefficient (Wildman–Crippen LogP) is 4.90. The lowest BCUT2D eigenvalue weighted by Gasteiger charge is -2.12. The van der Waals surface area contributed by atoms with Crippen molar-refractivity contribution in [3.63, 3.8) is 0 Å². The van der Waals surface area contributed by atoms with Crippen LogP contribution in [-0.2, 0) is 0 Å². The van der Waals surface area contributed by atoms with Crippen LogP contribution in [-0.4, -0.2) is 7.11 Å². The average Bonchev–Trinajstić information content (AvgIpc) is 2.34. The number of ether oxygens (including phenoxy) is 2. The Labute approximate surface area is 113 Å². The Morgan fingerprint density at radius 2 is 1.71 bits per heavy atom. The topological polar surface area (TPSA) is 18.5 Å². The summed E-state index contributed by atoms with van der Waals surface area (Å²) in [5.41, 5.74) is 0. The first kappa shape index (κ1) is 12.3. The van der Waals surface area contributed by atoms with Crippen molar-refractivity contribution < 1.29 is 9.47 Å². The van der Waals surface area contributed by atoms with Crippen LogP contribution in [0, 0.1) is 0 Å². The maximum Gasteiger partial charge on any atom is 0.169 e. The van der Waals surface area contributed by atoms with Crippen molar-refractivity contribution in [2.75, 3.05) is 7.11 Å². The molecule has 0 aliphatic heterocycles. The third-order valence-corrected chi connectivity index (χ3v) is 3.12. The van der Waals surface area contributed by atoms with Gasteiger partial charge in [-0.1, -0.05) is 29.8 Å². The molecule has 2 aromatic rings. The van der Waals surface area contributed by atoms with Gasteiger partial charge in [-0.15, -0.1) is 0 Å². The molecule has 0 atom stereocenters. The molecule has 2 aromatic carbocycles. The second-order valence-corrected chi connectivity index (χ2v) is 4.57. The zero-order valence-electron chi connectivity index (χ0n) is 9.11. The molecule has 2 nitrogen and oxygen atoms in total. The van der Waals surface area contributed by atoms with Gasteiger partial charge in [0.2, 0.25) is 0 Å². The largest absolute Gasteiger partial charge is 0.493 e. The summed E-state index contributed by atoms with van der Waals surface area (Å²) in [6.45, 7) is 0. The van der Waals surface area contributed by atoms with Crippen molar-refractivity contribution in [2.24, 2.45) is 0 Å². The second kappa shape index (κ2) is 5.43. The van der Waals surface area contributed by atoms with Crippen molar-refractivity contribution in [3.8, 4) is 17.2 Å². The summed E-state index contributed by atoms with van der Waals surface area (Å²) >= 11 is 9.48. The first-order chi connectivity index (χ1) is 8.22. The van der Waals surface area contributed by atoms with E-state index in [1.807, 2.05) is 36.4 Å². The molecule has 0 spiro atoms. The van der Waals surface area contributed by atoms with Crippen LogP contribution in [0.2, 0.25) is 5.02 Å². The van der Waals surface area contributed by atoms with Crippen LogP contribution >= 0.6 is 27.5 Å². The summed E-state index contributed by atoms with van der Waals surface area (Å²) in [6.07, 6.45) is 0. The van der Waals surface area contributed by atoms with Crippen molar-refractivity contribution in [2.45, 2.75) is 0 Å². The molecule has 0 amide bonds. The summed E-state index contributed by atoms with van der Waals surface area (Å²) in [5.74, 6) is 1.88. The van der Waals surface area contributed by atoms with Gasteiger partial charge in [0.15, 0.2) is 17.2 Å². The maximum atomic E-state index is 6.08. The fourth-order valence-electron chi connectivity index (χ4n) is 1.39. The molecule has 17 heavy (non-hydrogen) atoms. The molecule has 0 aliphatic carbocycles. The molecule has 0 aromatic heterocycles. The van der Waals surface area contributed by atoms with Crippen LogP contribution < -0.4 is 9.47 Å². The number of hydrogen-bond acceptors (Lipinski definition) is 2.